The van der Waals surface area contributed by atoms with Gasteiger partial charge in [-0.25, -0.2) is 0 Å². The number of amides is 2. The van der Waals surface area contributed by atoms with Crippen LogP contribution in [0.3, 0.4) is 0 Å². The summed E-state index contributed by atoms with van der Waals surface area (Å²) in [7, 11) is 0. The molecule has 2 amide bonds. The van der Waals surface area contributed by atoms with Crippen molar-refractivity contribution < 1.29 is 14.3 Å². The molecule has 2 N–H and O–H groups in total. The summed E-state index contributed by atoms with van der Waals surface area (Å²) >= 11 is 11.7. The number of halogens is 2. The lowest BCUT2D eigenvalue weighted by Crippen LogP contribution is -2.41. The van der Waals surface area contributed by atoms with Crippen molar-refractivity contribution in [2.45, 2.75) is 6.92 Å². The first-order chi connectivity index (χ1) is 11.0. The summed E-state index contributed by atoms with van der Waals surface area (Å²) in [6.07, 6.45) is 0. The molecule has 0 bridgehead atoms. The molecular weight excluding hydrogens is 339 g/mol. The first-order valence-corrected chi connectivity index (χ1v) is 7.55. The molecule has 0 aliphatic heterocycles. The molecular formula is C16H14Cl2N2O3. The van der Waals surface area contributed by atoms with Crippen LogP contribution in [-0.4, -0.2) is 18.4 Å². The highest BCUT2D eigenvalue weighted by molar-refractivity contribution is 6.36. The van der Waals surface area contributed by atoms with Gasteiger partial charge in [0.05, 0.1) is 17.2 Å². The van der Waals surface area contributed by atoms with Crippen molar-refractivity contribution in [1.29, 1.82) is 0 Å². The van der Waals surface area contributed by atoms with E-state index in [1.54, 1.807) is 24.3 Å². The van der Waals surface area contributed by atoms with E-state index in [1.807, 2.05) is 6.92 Å². The molecule has 2 aromatic rings. The molecule has 0 fully saturated rings. The SMILES string of the molecule is CCOc1ccc(C(=O)NNC(=O)c2ccc(Cl)cc2Cl)cc1. The zero-order valence-electron chi connectivity index (χ0n) is 12.2. The van der Waals surface area contributed by atoms with Crippen molar-refractivity contribution in [1.82, 2.24) is 10.9 Å². The Hall–Kier alpha value is -2.24. The van der Waals surface area contributed by atoms with Gasteiger partial charge in [0.25, 0.3) is 11.8 Å². The number of ether oxygens (including phenoxy) is 1. The number of nitrogens with one attached hydrogen (secondary N) is 2. The fraction of sp³-hybridized carbons (Fsp3) is 0.125. The van der Waals surface area contributed by atoms with Crippen molar-refractivity contribution in [3.63, 3.8) is 0 Å². The van der Waals surface area contributed by atoms with Crippen LogP contribution in [0.15, 0.2) is 42.5 Å². The molecule has 0 saturated heterocycles. The number of benzene rings is 2. The molecule has 0 saturated carbocycles. The molecule has 5 nitrogen and oxygen atoms in total. The van der Waals surface area contributed by atoms with Crippen LogP contribution >= 0.6 is 23.2 Å². The second-order valence-corrected chi connectivity index (χ2v) is 5.33. The Morgan fingerprint density at radius 2 is 1.65 bits per heavy atom. The molecule has 0 radical (unpaired) electrons. The molecule has 0 unspecified atom stereocenters. The van der Waals surface area contributed by atoms with Crippen molar-refractivity contribution in [2.24, 2.45) is 0 Å². The molecule has 2 rings (SSSR count). The summed E-state index contributed by atoms with van der Waals surface area (Å²) in [6, 6.07) is 11.0. The summed E-state index contributed by atoms with van der Waals surface area (Å²) in [6.45, 7) is 2.42. The number of carbonyl (C=O) groups is 2. The van der Waals surface area contributed by atoms with Gasteiger partial charge < -0.3 is 4.74 Å². The monoisotopic (exact) mass is 352 g/mol. The fourth-order valence-electron chi connectivity index (χ4n) is 1.80. The Labute approximate surface area is 143 Å². The highest BCUT2D eigenvalue weighted by atomic mass is 35.5. The third-order valence-corrected chi connectivity index (χ3v) is 3.44. The van der Waals surface area contributed by atoms with E-state index in [0.29, 0.717) is 22.9 Å². The van der Waals surface area contributed by atoms with Crippen LogP contribution in [0.5, 0.6) is 5.75 Å². The Bertz CT molecular complexity index is 718. The summed E-state index contributed by atoms with van der Waals surface area (Å²) in [5.74, 6) is -0.321. The van der Waals surface area contributed by atoms with Crippen LogP contribution in [-0.2, 0) is 0 Å². The second-order valence-electron chi connectivity index (χ2n) is 4.49. The van der Waals surface area contributed by atoms with Crippen LogP contribution in [0, 0.1) is 0 Å². The first kappa shape index (κ1) is 17.1. The second kappa shape index (κ2) is 7.85. The average molecular weight is 353 g/mol. The summed E-state index contributed by atoms with van der Waals surface area (Å²) in [4.78, 5) is 23.9. The van der Waals surface area contributed by atoms with E-state index in [2.05, 4.69) is 10.9 Å². The van der Waals surface area contributed by atoms with Crippen molar-refractivity contribution in [2.75, 3.05) is 6.61 Å². The first-order valence-electron chi connectivity index (χ1n) is 6.80. The quantitative estimate of drug-likeness (QED) is 0.828. The Morgan fingerprint density at radius 1 is 1.00 bits per heavy atom. The maximum Gasteiger partial charge on any atom is 0.271 e. The molecule has 0 aromatic heterocycles. The van der Waals surface area contributed by atoms with Crippen LogP contribution in [0.4, 0.5) is 0 Å². The third-order valence-electron chi connectivity index (χ3n) is 2.89. The molecule has 23 heavy (non-hydrogen) atoms. The normalized spacial score (nSPS) is 10.0. The maximum atomic E-state index is 12.0. The van der Waals surface area contributed by atoms with Gasteiger partial charge >= 0.3 is 0 Å². The van der Waals surface area contributed by atoms with Crippen molar-refractivity contribution in [3.05, 3.63) is 63.6 Å². The molecule has 120 valence electrons. The zero-order valence-corrected chi connectivity index (χ0v) is 13.7. The van der Waals surface area contributed by atoms with Crippen LogP contribution in [0.25, 0.3) is 0 Å². The van der Waals surface area contributed by atoms with E-state index in [0.717, 1.165) is 0 Å². The topological polar surface area (TPSA) is 67.4 Å². The van der Waals surface area contributed by atoms with Gasteiger partial charge in [-0.3, -0.25) is 20.4 Å². The summed E-state index contributed by atoms with van der Waals surface area (Å²) in [5, 5.41) is 0.621. The van der Waals surface area contributed by atoms with E-state index in [9.17, 15) is 9.59 Å². The zero-order chi connectivity index (χ0) is 16.8. The molecule has 0 aliphatic rings. The van der Waals surface area contributed by atoms with E-state index in [1.165, 1.54) is 18.2 Å². The van der Waals surface area contributed by atoms with Crippen LogP contribution in [0.1, 0.15) is 27.6 Å². The fourth-order valence-corrected chi connectivity index (χ4v) is 2.29. The molecule has 2 aromatic carbocycles. The lowest BCUT2D eigenvalue weighted by molar-refractivity contribution is 0.0846. The Morgan fingerprint density at radius 3 is 2.26 bits per heavy atom. The predicted octanol–water partition coefficient (Wildman–Crippen LogP) is 3.47. The number of rotatable bonds is 4. The van der Waals surface area contributed by atoms with Crippen molar-refractivity contribution >= 4 is 35.0 Å². The van der Waals surface area contributed by atoms with Gasteiger partial charge in [0.2, 0.25) is 0 Å². The smallest absolute Gasteiger partial charge is 0.271 e. The summed E-state index contributed by atoms with van der Waals surface area (Å²) < 4.78 is 5.29. The minimum atomic E-state index is -0.536. The average Bonchev–Trinajstić information content (AvgIpc) is 2.53. The molecule has 7 heteroatoms. The van der Waals surface area contributed by atoms with E-state index in [-0.39, 0.29) is 10.6 Å². The number of hydrogen-bond acceptors (Lipinski definition) is 3. The lowest BCUT2D eigenvalue weighted by Gasteiger charge is -2.09. The molecule has 0 heterocycles. The third kappa shape index (κ3) is 4.61. The maximum absolute atomic E-state index is 12.0. The number of hydrogen-bond donors (Lipinski definition) is 2. The van der Waals surface area contributed by atoms with Gasteiger partial charge in [0.1, 0.15) is 5.75 Å². The van der Waals surface area contributed by atoms with Gasteiger partial charge in [-0.1, -0.05) is 23.2 Å². The number of hydrazine groups is 1. The predicted molar refractivity (Wildman–Crippen MR) is 89.0 cm³/mol. The van der Waals surface area contributed by atoms with Gasteiger partial charge in [-0.2, -0.15) is 0 Å². The van der Waals surface area contributed by atoms with Crippen molar-refractivity contribution in [3.8, 4) is 5.75 Å². The van der Waals surface area contributed by atoms with Gasteiger partial charge in [-0.05, 0) is 49.4 Å². The minimum Gasteiger partial charge on any atom is -0.494 e. The summed E-state index contributed by atoms with van der Waals surface area (Å²) in [5.41, 5.74) is 5.22. The standard InChI is InChI=1S/C16H14Cl2N2O3/c1-2-23-12-6-3-10(4-7-12)15(21)19-20-16(22)13-8-5-11(17)9-14(13)18/h3-9H,2H2,1H3,(H,19,21)(H,20,22). The number of carbonyl (C=O) groups excluding carboxylic acids is 2. The van der Waals surface area contributed by atoms with E-state index < -0.39 is 11.8 Å². The highest BCUT2D eigenvalue weighted by Gasteiger charge is 2.12. The highest BCUT2D eigenvalue weighted by Crippen LogP contribution is 2.20. The van der Waals surface area contributed by atoms with Gasteiger partial charge in [-0.15, -0.1) is 0 Å². The Balaban J connectivity index is 1.96. The van der Waals surface area contributed by atoms with Crippen LogP contribution < -0.4 is 15.6 Å². The van der Waals surface area contributed by atoms with E-state index >= 15 is 0 Å². The lowest BCUT2D eigenvalue weighted by atomic mass is 10.2. The molecule has 0 atom stereocenters. The van der Waals surface area contributed by atoms with Gasteiger partial charge in [0, 0.05) is 10.6 Å². The Kier molecular flexibility index (Phi) is 5.84. The van der Waals surface area contributed by atoms with Gasteiger partial charge in [0.15, 0.2) is 0 Å². The molecule has 0 aliphatic carbocycles. The minimum absolute atomic E-state index is 0.199. The van der Waals surface area contributed by atoms with E-state index in [4.69, 9.17) is 27.9 Å². The molecule has 0 spiro atoms. The van der Waals surface area contributed by atoms with Crippen LogP contribution in [0.2, 0.25) is 10.0 Å². The largest absolute Gasteiger partial charge is 0.494 e.